The number of aromatic nitrogens is 1. The highest BCUT2D eigenvalue weighted by Gasteiger charge is 2.04. The van der Waals surface area contributed by atoms with Crippen LogP contribution in [-0.4, -0.2) is 4.98 Å². The van der Waals surface area contributed by atoms with E-state index in [0.29, 0.717) is 6.61 Å². The number of benzene rings is 2. The van der Waals surface area contributed by atoms with Crippen LogP contribution in [0.5, 0.6) is 5.75 Å². The molecule has 0 saturated heterocycles. The monoisotopic (exact) mass is 301 g/mol. The Balaban J connectivity index is 1.79. The first-order valence-electron chi connectivity index (χ1n) is 7.69. The van der Waals surface area contributed by atoms with E-state index in [0.717, 1.165) is 28.3 Å². The molecule has 2 heteroatoms. The van der Waals surface area contributed by atoms with Crippen molar-refractivity contribution in [1.82, 2.24) is 4.98 Å². The van der Waals surface area contributed by atoms with Gasteiger partial charge in [-0.25, -0.2) is 4.98 Å². The number of nitrogens with zero attached hydrogens (tertiary/aromatic N) is 1. The van der Waals surface area contributed by atoms with Crippen molar-refractivity contribution in [3.63, 3.8) is 0 Å². The Morgan fingerprint density at radius 2 is 1.52 bits per heavy atom. The van der Waals surface area contributed by atoms with E-state index < -0.39 is 0 Å². The molecule has 0 radical (unpaired) electrons. The molecule has 0 unspecified atom stereocenters. The van der Waals surface area contributed by atoms with Crippen molar-refractivity contribution in [3.05, 3.63) is 95.3 Å². The Labute approximate surface area is 137 Å². The lowest BCUT2D eigenvalue weighted by Gasteiger charge is -2.09. The van der Waals surface area contributed by atoms with Crippen molar-refractivity contribution in [2.45, 2.75) is 13.5 Å². The predicted octanol–water partition coefficient (Wildman–Crippen LogP) is 5.14. The highest BCUT2D eigenvalue weighted by atomic mass is 16.5. The Kier molecular flexibility index (Phi) is 4.85. The van der Waals surface area contributed by atoms with Crippen LogP contribution in [0.2, 0.25) is 0 Å². The van der Waals surface area contributed by atoms with Gasteiger partial charge in [0.2, 0.25) is 0 Å². The van der Waals surface area contributed by atoms with Gasteiger partial charge in [-0.2, -0.15) is 0 Å². The van der Waals surface area contributed by atoms with E-state index in [1.165, 1.54) is 0 Å². The van der Waals surface area contributed by atoms with E-state index >= 15 is 0 Å². The van der Waals surface area contributed by atoms with Crippen molar-refractivity contribution < 1.29 is 4.74 Å². The molecule has 3 aromatic rings. The second kappa shape index (κ2) is 7.41. The molecule has 0 aliphatic heterocycles. The van der Waals surface area contributed by atoms with Gasteiger partial charge in [-0.1, -0.05) is 66.7 Å². The van der Waals surface area contributed by atoms with Crippen LogP contribution in [0.3, 0.4) is 0 Å². The lowest BCUT2D eigenvalue weighted by molar-refractivity contribution is 0.304. The summed E-state index contributed by atoms with van der Waals surface area (Å²) in [7, 11) is 0. The lowest BCUT2D eigenvalue weighted by atomic mass is 10.2. The van der Waals surface area contributed by atoms with Gasteiger partial charge in [0.1, 0.15) is 18.1 Å². The third-order valence-electron chi connectivity index (χ3n) is 3.50. The van der Waals surface area contributed by atoms with E-state index in [-0.39, 0.29) is 0 Å². The smallest absolute Gasteiger partial charge is 0.145 e. The quantitative estimate of drug-likeness (QED) is 0.651. The summed E-state index contributed by atoms with van der Waals surface area (Å²) in [6.45, 7) is 2.53. The Hall–Kier alpha value is -2.87. The Morgan fingerprint density at radius 3 is 2.26 bits per heavy atom. The van der Waals surface area contributed by atoms with Crippen molar-refractivity contribution in [3.8, 4) is 5.75 Å². The van der Waals surface area contributed by atoms with Gasteiger partial charge < -0.3 is 4.74 Å². The molecule has 0 amide bonds. The Morgan fingerprint density at radius 1 is 0.826 bits per heavy atom. The maximum absolute atomic E-state index is 5.95. The van der Waals surface area contributed by atoms with Crippen LogP contribution in [0.15, 0.2) is 72.8 Å². The molecule has 0 fully saturated rings. The molecule has 0 atom stereocenters. The maximum atomic E-state index is 5.95. The summed E-state index contributed by atoms with van der Waals surface area (Å²) in [6.07, 6.45) is 4.06. The number of pyridine rings is 1. The summed E-state index contributed by atoms with van der Waals surface area (Å²) in [5.74, 6) is 0.798. The molecule has 1 heterocycles. The highest BCUT2D eigenvalue weighted by Crippen LogP contribution is 2.21. The van der Waals surface area contributed by atoms with Crippen LogP contribution in [0.25, 0.3) is 12.2 Å². The van der Waals surface area contributed by atoms with Crippen molar-refractivity contribution >= 4 is 12.2 Å². The summed E-state index contributed by atoms with van der Waals surface area (Å²) >= 11 is 0. The first kappa shape index (κ1) is 15.0. The number of aryl methyl sites for hydroxylation is 1. The SMILES string of the molecule is Cc1ccc(OCc2ccccc2)c(/C=C/c2ccccc2)n1. The van der Waals surface area contributed by atoms with Crippen molar-refractivity contribution in [1.29, 1.82) is 0 Å². The van der Waals surface area contributed by atoms with Gasteiger partial charge in [-0.3, -0.25) is 0 Å². The molecule has 114 valence electrons. The second-order valence-electron chi connectivity index (χ2n) is 5.35. The second-order valence-corrected chi connectivity index (χ2v) is 5.35. The van der Waals surface area contributed by atoms with Crippen molar-refractivity contribution in [2.75, 3.05) is 0 Å². The minimum Gasteiger partial charge on any atom is -0.487 e. The van der Waals surface area contributed by atoms with Crippen LogP contribution in [0.4, 0.5) is 0 Å². The molecule has 2 nitrogen and oxygen atoms in total. The third-order valence-corrected chi connectivity index (χ3v) is 3.50. The van der Waals surface area contributed by atoms with Gasteiger partial charge in [0.15, 0.2) is 0 Å². The molecule has 0 saturated carbocycles. The minimum atomic E-state index is 0.539. The van der Waals surface area contributed by atoms with E-state index in [1.807, 2.05) is 61.5 Å². The molecule has 0 N–H and O–H groups in total. The topological polar surface area (TPSA) is 22.1 Å². The average Bonchev–Trinajstić information content (AvgIpc) is 2.61. The van der Waals surface area contributed by atoms with E-state index in [1.54, 1.807) is 0 Å². The lowest BCUT2D eigenvalue weighted by Crippen LogP contribution is -1.98. The van der Waals surface area contributed by atoms with Crippen LogP contribution in [0.1, 0.15) is 22.5 Å². The van der Waals surface area contributed by atoms with Gasteiger partial charge in [0.25, 0.3) is 0 Å². The summed E-state index contributed by atoms with van der Waals surface area (Å²) < 4.78 is 5.95. The summed E-state index contributed by atoms with van der Waals surface area (Å²) in [6, 6.07) is 24.3. The molecule has 0 aliphatic carbocycles. The molecule has 0 bridgehead atoms. The molecule has 0 spiro atoms. The number of hydrogen-bond acceptors (Lipinski definition) is 2. The fourth-order valence-corrected chi connectivity index (χ4v) is 2.28. The maximum Gasteiger partial charge on any atom is 0.145 e. The molecule has 23 heavy (non-hydrogen) atoms. The van der Waals surface area contributed by atoms with Gasteiger partial charge in [0.05, 0.1) is 0 Å². The number of rotatable bonds is 5. The van der Waals surface area contributed by atoms with Gasteiger partial charge >= 0.3 is 0 Å². The molecule has 2 aromatic carbocycles. The predicted molar refractivity (Wildman–Crippen MR) is 95.1 cm³/mol. The third kappa shape index (κ3) is 4.30. The molecular formula is C21H19NO. The molecular weight excluding hydrogens is 282 g/mol. The number of ether oxygens (including phenoxy) is 1. The summed E-state index contributed by atoms with van der Waals surface area (Å²) in [5, 5.41) is 0. The van der Waals surface area contributed by atoms with Crippen LogP contribution in [0, 0.1) is 6.92 Å². The van der Waals surface area contributed by atoms with E-state index in [2.05, 4.69) is 35.3 Å². The van der Waals surface area contributed by atoms with Gasteiger partial charge in [0, 0.05) is 5.69 Å². The Bertz CT molecular complexity index is 779. The first-order chi connectivity index (χ1) is 11.3. The van der Waals surface area contributed by atoms with E-state index in [9.17, 15) is 0 Å². The zero-order valence-corrected chi connectivity index (χ0v) is 13.1. The van der Waals surface area contributed by atoms with E-state index in [4.69, 9.17) is 4.74 Å². The van der Waals surface area contributed by atoms with Crippen molar-refractivity contribution in [2.24, 2.45) is 0 Å². The molecule has 3 rings (SSSR count). The normalized spacial score (nSPS) is 10.8. The average molecular weight is 301 g/mol. The fraction of sp³-hybridized carbons (Fsp3) is 0.0952. The zero-order chi connectivity index (χ0) is 15.9. The van der Waals surface area contributed by atoms with Crippen LogP contribution >= 0.6 is 0 Å². The minimum absolute atomic E-state index is 0.539. The van der Waals surface area contributed by atoms with Gasteiger partial charge in [-0.05, 0) is 36.3 Å². The largest absolute Gasteiger partial charge is 0.487 e. The van der Waals surface area contributed by atoms with Crippen LogP contribution < -0.4 is 4.74 Å². The van der Waals surface area contributed by atoms with Crippen LogP contribution in [-0.2, 0) is 6.61 Å². The molecule has 0 aliphatic rings. The highest BCUT2D eigenvalue weighted by molar-refractivity contribution is 5.70. The summed E-state index contributed by atoms with van der Waals surface area (Å²) in [5.41, 5.74) is 4.12. The first-order valence-corrected chi connectivity index (χ1v) is 7.69. The molecule has 1 aromatic heterocycles. The zero-order valence-electron chi connectivity index (χ0n) is 13.1. The summed E-state index contributed by atoms with van der Waals surface area (Å²) in [4.78, 5) is 4.59. The standard InChI is InChI=1S/C21H19NO/c1-17-12-15-21(23-16-19-10-6-3-7-11-19)20(22-17)14-13-18-8-4-2-5-9-18/h2-15H,16H2,1H3/b14-13+. The fourth-order valence-electron chi connectivity index (χ4n) is 2.28. The number of hydrogen-bond donors (Lipinski definition) is 0. The van der Waals surface area contributed by atoms with Gasteiger partial charge in [-0.15, -0.1) is 0 Å².